The molecule has 2 amide bonds. The normalized spacial score (nSPS) is 17.0. The first-order valence-corrected chi connectivity index (χ1v) is 8.26. The fourth-order valence-electron chi connectivity index (χ4n) is 3.20. The predicted molar refractivity (Wildman–Crippen MR) is 86.4 cm³/mol. The lowest BCUT2D eigenvalue weighted by Crippen LogP contribution is -2.52. The highest BCUT2D eigenvalue weighted by Gasteiger charge is 2.23. The fraction of sp³-hybridized carbons (Fsp3) is 0.533. The summed E-state index contributed by atoms with van der Waals surface area (Å²) in [5.74, 6) is 2.72. The number of fused-ring (bicyclic) bond motifs is 1. The molecule has 9 nitrogen and oxygen atoms in total. The fourth-order valence-corrected chi connectivity index (χ4v) is 3.20. The van der Waals surface area contributed by atoms with E-state index in [-0.39, 0.29) is 6.03 Å². The molecule has 0 aliphatic carbocycles. The zero-order chi connectivity index (χ0) is 16.4. The summed E-state index contributed by atoms with van der Waals surface area (Å²) in [6.07, 6.45) is 7.18. The Labute approximate surface area is 139 Å². The van der Waals surface area contributed by atoms with Crippen LogP contribution in [0.15, 0.2) is 18.6 Å². The third-order valence-electron chi connectivity index (χ3n) is 4.52. The van der Waals surface area contributed by atoms with Gasteiger partial charge in [0.05, 0.1) is 12.7 Å². The second kappa shape index (κ2) is 6.42. The highest BCUT2D eigenvalue weighted by atomic mass is 16.2. The van der Waals surface area contributed by atoms with Crippen molar-refractivity contribution in [1.29, 1.82) is 0 Å². The first-order valence-electron chi connectivity index (χ1n) is 8.26. The third-order valence-corrected chi connectivity index (χ3v) is 4.52. The first kappa shape index (κ1) is 14.9. The molecule has 0 saturated carbocycles. The van der Waals surface area contributed by atoms with Crippen molar-refractivity contribution in [3.05, 3.63) is 30.2 Å². The molecule has 1 N–H and O–H groups in total. The number of hydrogen-bond donors (Lipinski definition) is 1. The SMILES string of the molecule is O=C(NCc1nnc2n1CCC2)N1CCN(c2cnccn2)CC1. The van der Waals surface area contributed by atoms with Crippen molar-refractivity contribution in [3.8, 4) is 0 Å². The van der Waals surface area contributed by atoms with Gasteiger partial charge < -0.3 is 19.7 Å². The molecule has 1 fully saturated rings. The summed E-state index contributed by atoms with van der Waals surface area (Å²) >= 11 is 0. The lowest BCUT2D eigenvalue weighted by atomic mass is 10.3. The van der Waals surface area contributed by atoms with Gasteiger partial charge in [-0.05, 0) is 6.42 Å². The highest BCUT2D eigenvalue weighted by Crippen LogP contribution is 2.14. The summed E-state index contributed by atoms with van der Waals surface area (Å²) < 4.78 is 2.10. The van der Waals surface area contributed by atoms with Gasteiger partial charge in [-0.2, -0.15) is 0 Å². The maximum atomic E-state index is 12.3. The molecule has 0 unspecified atom stereocenters. The van der Waals surface area contributed by atoms with Crippen molar-refractivity contribution in [2.45, 2.75) is 25.9 Å². The Balaban J connectivity index is 1.29. The predicted octanol–water partition coefficient (Wildman–Crippen LogP) is 0.0461. The van der Waals surface area contributed by atoms with Crippen molar-refractivity contribution < 1.29 is 4.79 Å². The molecule has 0 radical (unpaired) electrons. The van der Waals surface area contributed by atoms with E-state index in [1.165, 1.54) is 0 Å². The van der Waals surface area contributed by atoms with Crippen LogP contribution in [0.3, 0.4) is 0 Å². The molecule has 4 rings (SSSR count). The van der Waals surface area contributed by atoms with Crippen LogP contribution in [0, 0.1) is 0 Å². The Morgan fingerprint density at radius 3 is 2.79 bits per heavy atom. The lowest BCUT2D eigenvalue weighted by Gasteiger charge is -2.35. The number of carbonyl (C=O) groups excluding carboxylic acids is 1. The second-order valence-electron chi connectivity index (χ2n) is 5.98. The highest BCUT2D eigenvalue weighted by molar-refractivity contribution is 5.74. The lowest BCUT2D eigenvalue weighted by molar-refractivity contribution is 0.193. The van der Waals surface area contributed by atoms with Crippen LogP contribution in [0.5, 0.6) is 0 Å². The molecule has 24 heavy (non-hydrogen) atoms. The molecule has 2 aliphatic rings. The van der Waals surface area contributed by atoms with Crippen molar-refractivity contribution in [3.63, 3.8) is 0 Å². The Hall–Kier alpha value is -2.71. The molecule has 9 heteroatoms. The number of aryl methyl sites for hydroxylation is 1. The Morgan fingerprint density at radius 1 is 1.12 bits per heavy atom. The zero-order valence-electron chi connectivity index (χ0n) is 13.4. The van der Waals surface area contributed by atoms with Gasteiger partial charge in [0, 0.05) is 51.5 Å². The molecule has 1 saturated heterocycles. The van der Waals surface area contributed by atoms with E-state index in [1.54, 1.807) is 18.6 Å². The number of nitrogens with zero attached hydrogens (tertiary/aromatic N) is 7. The van der Waals surface area contributed by atoms with Crippen LogP contribution < -0.4 is 10.2 Å². The number of nitrogens with one attached hydrogen (secondary N) is 1. The van der Waals surface area contributed by atoms with Crippen LogP contribution in [-0.2, 0) is 19.5 Å². The van der Waals surface area contributed by atoms with Crippen LogP contribution in [0.4, 0.5) is 10.6 Å². The van der Waals surface area contributed by atoms with Crippen LogP contribution in [0.2, 0.25) is 0 Å². The molecule has 0 bridgehead atoms. The van der Waals surface area contributed by atoms with Gasteiger partial charge in [0.1, 0.15) is 11.6 Å². The summed E-state index contributed by atoms with van der Waals surface area (Å²) in [5.41, 5.74) is 0. The summed E-state index contributed by atoms with van der Waals surface area (Å²) in [7, 11) is 0. The van der Waals surface area contributed by atoms with E-state index in [1.807, 2.05) is 4.90 Å². The molecule has 2 aromatic heterocycles. The minimum absolute atomic E-state index is 0.0517. The summed E-state index contributed by atoms with van der Waals surface area (Å²) in [6.45, 7) is 4.22. The standard InChI is InChI=1S/C15H20N8O/c24-15(18-11-14-20-19-12-2-1-5-23(12)14)22-8-6-21(7-9-22)13-10-16-3-4-17-13/h3-4,10H,1-2,5-9,11H2,(H,18,24). The monoisotopic (exact) mass is 328 g/mol. The number of aromatic nitrogens is 5. The van der Waals surface area contributed by atoms with E-state index in [0.717, 1.165) is 49.9 Å². The van der Waals surface area contributed by atoms with E-state index >= 15 is 0 Å². The van der Waals surface area contributed by atoms with Gasteiger partial charge in [-0.25, -0.2) is 9.78 Å². The topological polar surface area (TPSA) is 92.1 Å². The minimum atomic E-state index is -0.0517. The van der Waals surface area contributed by atoms with E-state index in [9.17, 15) is 4.79 Å². The van der Waals surface area contributed by atoms with Crippen LogP contribution >= 0.6 is 0 Å². The summed E-state index contributed by atoms with van der Waals surface area (Å²) in [5, 5.41) is 11.3. The Bertz CT molecular complexity index is 708. The van der Waals surface area contributed by atoms with Gasteiger partial charge in [-0.1, -0.05) is 0 Å². The molecule has 2 aromatic rings. The third kappa shape index (κ3) is 2.89. The summed E-state index contributed by atoms with van der Waals surface area (Å²) in [6, 6.07) is -0.0517. The maximum Gasteiger partial charge on any atom is 0.317 e. The summed E-state index contributed by atoms with van der Waals surface area (Å²) in [4.78, 5) is 24.7. The quantitative estimate of drug-likeness (QED) is 0.856. The number of anilines is 1. The number of amides is 2. The van der Waals surface area contributed by atoms with Crippen molar-refractivity contribution in [1.82, 2.24) is 34.9 Å². The van der Waals surface area contributed by atoms with Crippen LogP contribution in [0.25, 0.3) is 0 Å². The average molecular weight is 328 g/mol. The second-order valence-corrected chi connectivity index (χ2v) is 5.98. The zero-order valence-corrected chi connectivity index (χ0v) is 13.4. The van der Waals surface area contributed by atoms with Crippen molar-refractivity contribution in [2.75, 3.05) is 31.1 Å². The molecular formula is C15H20N8O. The van der Waals surface area contributed by atoms with Crippen molar-refractivity contribution >= 4 is 11.8 Å². The molecular weight excluding hydrogens is 308 g/mol. The van der Waals surface area contributed by atoms with E-state index in [4.69, 9.17) is 0 Å². The van der Waals surface area contributed by atoms with Gasteiger partial charge in [-0.3, -0.25) is 4.98 Å². The molecule has 0 atom stereocenters. The number of urea groups is 1. The average Bonchev–Trinajstić information content (AvgIpc) is 3.25. The Morgan fingerprint density at radius 2 is 2.00 bits per heavy atom. The smallest absolute Gasteiger partial charge is 0.317 e. The molecule has 0 aromatic carbocycles. The van der Waals surface area contributed by atoms with Gasteiger partial charge in [0.15, 0.2) is 5.82 Å². The number of rotatable bonds is 3. The maximum absolute atomic E-state index is 12.3. The molecule has 2 aliphatic heterocycles. The van der Waals surface area contributed by atoms with Crippen LogP contribution in [-0.4, -0.2) is 61.8 Å². The minimum Gasteiger partial charge on any atom is -0.352 e. The van der Waals surface area contributed by atoms with E-state index < -0.39 is 0 Å². The Kier molecular flexibility index (Phi) is 3.97. The first-order chi connectivity index (χ1) is 11.8. The number of piperazine rings is 1. The van der Waals surface area contributed by atoms with Gasteiger partial charge in [0.2, 0.25) is 0 Å². The van der Waals surface area contributed by atoms with Gasteiger partial charge in [-0.15, -0.1) is 10.2 Å². The number of hydrogen-bond acceptors (Lipinski definition) is 6. The molecule has 126 valence electrons. The van der Waals surface area contributed by atoms with E-state index in [2.05, 4.69) is 34.9 Å². The van der Waals surface area contributed by atoms with Crippen molar-refractivity contribution in [2.24, 2.45) is 0 Å². The van der Waals surface area contributed by atoms with Crippen LogP contribution in [0.1, 0.15) is 18.1 Å². The van der Waals surface area contributed by atoms with E-state index in [0.29, 0.717) is 19.6 Å². The van der Waals surface area contributed by atoms with Gasteiger partial charge in [0.25, 0.3) is 0 Å². The largest absolute Gasteiger partial charge is 0.352 e. The van der Waals surface area contributed by atoms with Gasteiger partial charge >= 0.3 is 6.03 Å². The number of carbonyl (C=O) groups is 1. The molecule has 4 heterocycles. The molecule has 0 spiro atoms.